The number of nitriles is 1. The molecule has 1 saturated heterocycles. The summed E-state index contributed by atoms with van der Waals surface area (Å²) in [5.41, 5.74) is 2.21. The Morgan fingerprint density at radius 3 is 2.89 bits per heavy atom. The molecule has 0 aliphatic carbocycles. The molecule has 0 aromatic heterocycles. The van der Waals surface area contributed by atoms with Crippen LogP contribution in [0.3, 0.4) is 0 Å². The Hall–Kier alpha value is -1.24. The number of hydrogen-bond donors (Lipinski definition) is 0. The van der Waals surface area contributed by atoms with E-state index in [0.717, 1.165) is 35.9 Å². The summed E-state index contributed by atoms with van der Waals surface area (Å²) in [5, 5.41) is 9.74. The van der Waals surface area contributed by atoms with Gasteiger partial charge in [0.25, 0.3) is 0 Å². The highest BCUT2D eigenvalue weighted by Gasteiger charge is 2.25. The number of benzene rings is 1. The molecule has 4 heteroatoms. The smallest absolute Gasteiger partial charge is 0.0643 e. The number of anilines is 1. The maximum atomic E-state index is 8.95. The molecule has 1 aromatic carbocycles. The lowest BCUT2D eigenvalue weighted by molar-refractivity contribution is 0.268. The van der Waals surface area contributed by atoms with Gasteiger partial charge in [-0.15, -0.1) is 0 Å². The van der Waals surface area contributed by atoms with Gasteiger partial charge in [0.05, 0.1) is 18.5 Å². The Balaban J connectivity index is 2.24. The van der Waals surface area contributed by atoms with Crippen LogP contribution in [0.2, 0.25) is 5.02 Å². The highest BCUT2D eigenvalue weighted by atomic mass is 35.5. The number of aryl methyl sites for hydroxylation is 1. The van der Waals surface area contributed by atoms with Gasteiger partial charge in [-0.1, -0.05) is 17.7 Å². The molecule has 1 unspecified atom stereocenters. The number of hydrogen-bond acceptors (Lipinski definition) is 3. The van der Waals surface area contributed by atoms with Crippen LogP contribution in [0.1, 0.15) is 12.0 Å². The molecule has 2 rings (SSSR count). The second-order valence-electron chi connectivity index (χ2n) is 4.91. The van der Waals surface area contributed by atoms with Crippen LogP contribution in [0.5, 0.6) is 0 Å². The van der Waals surface area contributed by atoms with Crippen molar-refractivity contribution in [1.29, 1.82) is 5.26 Å². The Kier molecular flexibility index (Phi) is 4.11. The van der Waals surface area contributed by atoms with Gasteiger partial charge in [0, 0.05) is 30.3 Å². The van der Waals surface area contributed by atoms with Crippen molar-refractivity contribution in [1.82, 2.24) is 4.90 Å². The van der Waals surface area contributed by atoms with Crippen molar-refractivity contribution < 1.29 is 0 Å². The van der Waals surface area contributed by atoms with Gasteiger partial charge in [0.1, 0.15) is 0 Å². The van der Waals surface area contributed by atoms with Crippen LogP contribution in [0.4, 0.5) is 5.69 Å². The van der Waals surface area contributed by atoms with Crippen LogP contribution in [0, 0.1) is 18.3 Å². The van der Waals surface area contributed by atoms with Crippen LogP contribution >= 0.6 is 11.6 Å². The molecule has 1 fully saturated rings. The molecule has 0 radical (unpaired) electrons. The van der Waals surface area contributed by atoms with Gasteiger partial charge in [0.15, 0.2) is 0 Å². The van der Waals surface area contributed by atoms with E-state index < -0.39 is 0 Å². The lowest BCUT2D eigenvalue weighted by atomic mass is 10.1. The van der Waals surface area contributed by atoms with E-state index in [4.69, 9.17) is 16.9 Å². The normalized spacial score (nSPS) is 20.8. The number of likely N-dealkylation sites (N-methyl/N-ethyl adjacent to an activating group) is 1. The molecule has 18 heavy (non-hydrogen) atoms. The first-order chi connectivity index (χ1) is 8.61. The maximum absolute atomic E-state index is 8.95. The molecule has 1 atom stereocenters. The minimum absolute atomic E-state index is 0.257. The third-order valence-corrected chi connectivity index (χ3v) is 3.91. The van der Waals surface area contributed by atoms with E-state index in [1.54, 1.807) is 0 Å². The minimum Gasteiger partial charge on any atom is -0.365 e. The van der Waals surface area contributed by atoms with Gasteiger partial charge >= 0.3 is 0 Å². The summed E-state index contributed by atoms with van der Waals surface area (Å²) in [6.45, 7) is 4.90. The van der Waals surface area contributed by atoms with Crippen molar-refractivity contribution >= 4 is 17.3 Å². The van der Waals surface area contributed by atoms with Crippen molar-refractivity contribution in [2.45, 2.75) is 19.4 Å². The second-order valence-corrected chi connectivity index (χ2v) is 5.31. The van der Waals surface area contributed by atoms with Crippen molar-refractivity contribution in [2.75, 3.05) is 31.6 Å². The molecule has 1 heterocycles. The largest absolute Gasteiger partial charge is 0.365 e. The van der Waals surface area contributed by atoms with Gasteiger partial charge in [0.2, 0.25) is 0 Å². The highest BCUT2D eigenvalue weighted by Crippen LogP contribution is 2.26. The van der Waals surface area contributed by atoms with Crippen molar-refractivity contribution in [3.63, 3.8) is 0 Å². The molecule has 0 N–H and O–H groups in total. The summed E-state index contributed by atoms with van der Waals surface area (Å²) in [6, 6.07) is 8.68. The van der Waals surface area contributed by atoms with E-state index in [1.807, 2.05) is 19.1 Å². The first kappa shape index (κ1) is 13.2. The van der Waals surface area contributed by atoms with Crippen LogP contribution in [0.25, 0.3) is 0 Å². The topological polar surface area (TPSA) is 30.3 Å². The quantitative estimate of drug-likeness (QED) is 0.822. The van der Waals surface area contributed by atoms with Gasteiger partial charge in [-0.25, -0.2) is 0 Å². The minimum atomic E-state index is 0.257. The average Bonchev–Trinajstić information content (AvgIpc) is 2.34. The fourth-order valence-corrected chi connectivity index (χ4v) is 2.57. The first-order valence-electron chi connectivity index (χ1n) is 6.20. The molecule has 1 aliphatic heterocycles. The van der Waals surface area contributed by atoms with E-state index >= 15 is 0 Å². The zero-order chi connectivity index (χ0) is 13.1. The molecular weight excluding hydrogens is 246 g/mol. The predicted octanol–water partition coefficient (Wildman–Crippen LogP) is 2.68. The lowest BCUT2D eigenvalue weighted by Crippen LogP contribution is -2.51. The van der Waals surface area contributed by atoms with E-state index in [0.29, 0.717) is 6.42 Å². The van der Waals surface area contributed by atoms with Crippen molar-refractivity contribution in [3.05, 3.63) is 28.8 Å². The summed E-state index contributed by atoms with van der Waals surface area (Å²) in [7, 11) is 2.10. The van der Waals surface area contributed by atoms with Gasteiger partial charge in [-0.05, 0) is 31.7 Å². The zero-order valence-electron chi connectivity index (χ0n) is 10.9. The monoisotopic (exact) mass is 263 g/mol. The summed E-state index contributed by atoms with van der Waals surface area (Å²) in [5.74, 6) is 0. The van der Waals surface area contributed by atoms with Gasteiger partial charge < -0.3 is 9.80 Å². The number of piperazine rings is 1. The fraction of sp³-hybridized carbons (Fsp3) is 0.500. The van der Waals surface area contributed by atoms with Crippen LogP contribution in [0.15, 0.2) is 18.2 Å². The number of halogens is 1. The van der Waals surface area contributed by atoms with Crippen LogP contribution < -0.4 is 4.90 Å². The molecule has 0 bridgehead atoms. The summed E-state index contributed by atoms with van der Waals surface area (Å²) in [4.78, 5) is 4.57. The summed E-state index contributed by atoms with van der Waals surface area (Å²) in [6.07, 6.45) is 0.551. The predicted molar refractivity (Wildman–Crippen MR) is 75.1 cm³/mol. The Morgan fingerprint density at radius 1 is 1.44 bits per heavy atom. The molecule has 0 saturated carbocycles. The highest BCUT2D eigenvalue weighted by molar-refractivity contribution is 6.31. The molecule has 0 amide bonds. The SMILES string of the molecule is Cc1ccc(N2CCN(C)CC2CC#N)cc1Cl. The van der Waals surface area contributed by atoms with E-state index in [1.165, 1.54) is 0 Å². The summed E-state index contributed by atoms with van der Waals surface area (Å²) < 4.78 is 0. The van der Waals surface area contributed by atoms with Gasteiger partial charge in [-0.3, -0.25) is 0 Å². The third-order valence-electron chi connectivity index (χ3n) is 3.50. The van der Waals surface area contributed by atoms with Crippen LogP contribution in [-0.2, 0) is 0 Å². The average molecular weight is 264 g/mol. The van der Waals surface area contributed by atoms with Gasteiger partial charge in [-0.2, -0.15) is 5.26 Å². The fourth-order valence-electron chi connectivity index (χ4n) is 2.39. The molecule has 0 spiro atoms. The lowest BCUT2D eigenvalue weighted by Gasteiger charge is -2.40. The zero-order valence-corrected chi connectivity index (χ0v) is 11.6. The molecule has 1 aromatic rings. The number of nitrogens with zero attached hydrogens (tertiary/aromatic N) is 3. The van der Waals surface area contributed by atoms with Crippen molar-refractivity contribution in [2.24, 2.45) is 0 Å². The molecule has 1 aliphatic rings. The second kappa shape index (κ2) is 5.60. The molecular formula is C14H18ClN3. The van der Waals surface area contributed by atoms with E-state index in [9.17, 15) is 0 Å². The standard InChI is InChI=1S/C14H18ClN3/c1-11-3-4-12(9-14(11)15)18-8-7-17(2)10-13(18)5-6-16/h3-4,9,13H,5,7-8,10H2,1-2H3. The summed E-state index contributed by atoms with van der Waals surface area (Å²) >= 11 is 6.18. The molecule has 96 valence electrons. The Bertz CT molecular complexity index is 467. The Labute approximate surface area is 114 Å². The number of rotatable bonds is 2. The van der Waals surface area contributed by atoms with Crippen LogP contribution in [-0.4, -0.2) is 37.6 Å². The van der Waals surface area contributed by atoms with E-state index in [2.05, 4.69) is 29.0 Å². The Morgan fingerprint density at radius 2 is 2.22 bits per heavy atom. The maximum Gasteiger partial charge on any atom is 0.0643 e. The van der Waals surface area contributed by atoms with Crippen molar-refractivity contribution in [3.8, 4) is 6.07 Å². The van der Waals surface area contributed by atoms with E-state index in [-0.39, 0.29) is 6.04 Å². The third kappa shape index (κ3) is 2.77. The first-order valence-corrected chi connectivity index (χ1v) is 6.58. The molecule has 3 nitrogen and oxygen atoms in total.